The van der Waals surface area contributed by atoms with E-state index < -0.39 is 27.9 Å². The Balaban J connectivity index is 1.73. The molecule has 30 heavy (non-hydrogen) atoms. The van der Waals surface area contributed by atoms with Gasteiger partial charge in [-0.2, -0.15) is 0 Å². The molecular weight excluding hydrogens is 430 g/mol. The van der Waals surface area contributed by atoms with Crippen molar-refractivity contribution < 1.29 is 22.4 Å². The molecule has 3 aromatic rings. The number of carbonyl (C=O) groups excluding carboxylic acids is 2. The second kappa shape index (κ2) is 9.57. The van der Waals surface area contributed by atoms with Crippen LogP contribution in [0.3, 0.4) is 0 Å². The Morgan fingerprint density at radius 3 is 2.27 bits per heavy atom. The SMILES string of the molecule is O=C(C[C@@H](NS(=O)(=O)c1ccccc1)c1ccc(Cl)cc1)NNC(=O)c1ccco1. The minimum absolute atomic E-state index is 0.0225. The molecule has 0 aliphatic heterocycles. The minimum atomic E-state index is -3.90. The topological polar surface area (TPSA) is 118 Å². The zero-order chi connectivity index (χ0) is 21.6. The molecule has 8 nitrogen and oxygen atoms in total. The Labute approximate surface area is 178 Å². The summed E-state index contributed by atoms with van der Waals surface area (Å²) >= 11 is 5.91. The van der Waals surface area contributed by atoms with Gasteiger partial charge in [-0.25, -0.2) is 13.1 Å². The van der Waals surface area contributed by atoms with Crippen LogP contribution in [0.15, 0.2) is 82.3 Å². The quantitative estimate of drug-likeness (QED) is 0.481. The lowest BCUT2D eigenvalue weighted by Gasteiger charge is -2.19. The molecule has 0 bridgehead atoms. The fourth-order valence-corrected chi connectivity index (χ4v) is 3.98. The van der Waals surface area contributed by atoms with E-state index in [1.165, 1.54) is 30.5 Å². The maximum atomic E-state index is 12.7. The van der Waals surface area contributed by atoms with E-state index in [1.54, 1.807) is 42.5 Å². The van der Waals surface area contributed by atoms with Crippen molar-refractivity contribution in [3.8, 4) is 0 Å². The molecule has 0 saturated heterocycles. The fraction of sp³-hybridized carbons (Fsp3) is 0.100. The summed E-state index contributed by atoms with van der Waals surface area (Å²) in [5, 5.41) is 0.471. The molecule has 0 radical (unpaired) electrons. The molecule has 1 aromatic heterocycles. The van der Waals surface area contributed by atoms with Crippen LogP contribution in [0, 0.1) is 0 Å². The van der Waals surface area contributed by atoms with Gasteiger partial charge in [-0.05, 0) is 42.0 Å². The number of hydrogen-bond donors (Lipinski definition) is 3. The molecule has 2 amide bonds. The molecule has 3 rings (SSSR count). The first-order valence-electron chi connectivity index (χ1n) is 8.81. The number of halogens is 1. The fourth-order valence-electron chi connectivity index (χ4n) is 2.61. The standard InChI is InChI=1S/C20H18ClN3O5S/c21-15-10-8-14(9-11-15)17(24-30(27,28)16-5-2-1-3-6-16)13-19(25)22-23-20(26)18-7-4-12-29-18/h1-12,17,24H,13H2,(H,22,25)(H,23,26)/t17-/m1/s1. The number of amides is 2. The molecule has 3 N–H and O–H groups in total. The smallest absolute Gasteiger partial charge is 0.305 e. The molecule has 156 valence electrons. The third kappa shape index (κ3) is 5.69. The number of furan rings is 1. The summed E-state index contributed by atoms with van der Waals surface area (Å²) in [6, 6.07) is 16.3. The molecule has 0 aliphatic carbocycles. The molecule has 1 heterocycles. The number of rotatable bonds is 7. The second-order valence-electron chi connectivity index (χ2n) is 6.22. The zero-order valence-corrected chi connectivity index (χ0v) is 17.1. The lowest BCUT2D eigenvalue weighted by molar-refractivity contribution is -0.122. The molecule has 0 spiro atoms. The highest BCUT2D eigenvalue weighted by atomic mass is 35.5. The van der Waals surface area contributed by atoms with Gasteiger partial charge in [-0.3, -0.25) is 20.4 Å². The summed E-state index contributed by atoms with van der Waals surface area (Å²) in [7, 11) is -3.90. The molecule has 0 fully saturated rings. The number of carbonyl (C=O) groups is 2. The van der Waals surface area contributed by atoms with Crippen molar-refractivity contribution in [3.05, 3.63) is 89.3 Å². The van der Waals surface area contributed by atoms with E-state index in [-0.39, 0.29) is 17.1 Å². The molecule has 2 aromatic carbocycles. The maximum absolute atomic E-state index is 12.7. The average Bonchev–Trinajstić information content (AvgIpc) is 3.28. The highest BCUT2D eigenvalue weighted by Gasteiger charge is 2.24. The Bertz CT molecular complexity index is 1100. The van der Waals surface area contributed by atoms with Crippen molar-refractivity contribution in [3.63, 3.8) is 0 Å². The zero-order valence-electron chi connectivity index (χ0n) is 15.5. The van der Waals surface area contributed by atoms with Crippen molar-refractivity contribution in [2.75, 3.05) is 0 Å². The van der Waals surface area contributed by atoms with Crippen LogP contribution in [0.2, 0.25) is 5.02 Å². The number of nitrogens with one attached hydrogen (secondary N) is 3. The predicted octanol–water partition coefficient (Wildman–Crippen LogP) is 2.80. The van der Waals surface area contributed by atoms with Crippen LogP contribution in [0.1, 0.15) is 28.6 Å². The van der Waals surface area contributed by atoms with Crippen LogP contribution in [-0.4, -0.2) is 20.2 Å². The molecular formula is C20H18ClN3O5S. The van der Waals surface area contributed by atoms with Crippen LogP contribution >= 0.6 is 11.6 Å². The van der Waals surface area contributed by atoms with E-state index in [1.807, 2.05) is 0 Å². The van der Waals surface area contributed by atoms with Gasteiger partial charge in [-0.15, -0.1) is 0 Å². The van der Waals surface area contributed by atoms with E-state index in [0.717, 1.165) is 0 Å². The molecule has 0 saturated carbocycles. The summed E-state index contributed by atoms with van der Waals surface area (Å²) in [5.74, 6) is -1.22. The van der Waals surface area contributed by atoms with Crippen LogP contribution in [0.5, 0.6) is 0 Å². The summed E-state index contributed by atoms with van der Waals surface area (Å²) in [5.41, 5.74) is 5.00. The molecule has 0 aliphatic rings. The van der Waals surface area contributed by atoms with Crippen molar-refractivity contribution in [1.82, 2.24) is 15.6 Å². The van der Waals surface area contributed by atoms with Gasteiger partial charge in [0.1, 0.15) is 0 Å². The van der Waals surface area contributed by atoms with E-state index in [2.05, 4.69) is 15.6 Å². The third-order valence-corrected chi connectivity index (χ3v) is 5.81. The largest absolute Gasteiger partial charge is 0.459 e. The highest BCUT2D eigenvalue weighted by molar-refractivity contribution is 7.89. The van der Waals surface area contributed by atoms with Gasteiger partial charge in [0.2, 0.25) is 15.9 Å². The highest BCUT2D eigenvalue weighted by Crippen LogP contribution is 2.22. The van der Waals surface area contributed by atoms with E-state index in [4.69, 9.17) is 16.0 Å². The van der Waals surface area contributed by atoms with Crippen molar-refractivity contribution >= 4 is 33.4 Å². The van der Waals surface area contributed by atoms with Crippen molar-refractivity contribution in [2.24, 2.45) is 0 Å². The van der Waals surface area contributed by atoms with Crippen LogP contribution < -0.4 is 15.6 Å². The summed E-state index contributed by atoms with van der Waals surface area (Å²) in [6.45, 7) is 0. The molecule has 10 heteroatoms. The second-order valence-corrected chi connectivity index (χ2v) is 8.37. The van der Waals surface area contributed by atoms with Crippen LogP contribution in [0.4, 0.5) is 0 Å². The van der Waals surface area contributed by atoms with E-state index in [9.17, 15) is 18.0 Å². The lowest BCUT2D eigenvalue weighted by atomic mass is 10.0. The molecule has 0 unspecified atom stereocenters. The van der Waals surface area contributed by atoms with Gasteiger partial charge in [0, 0.05) is 11.4 Å². The summed E-state index contributed by atoms with van der Waals surface area (Å²) < 4.78 is 32.9. The predicted molar refractivity (Wildman–Crippen MR) is 110 cm³/mol. The van der Waals surface area contributed by atoms with E-state index in [0.29, 0.717) is 10.6 Å². The molecule has 1 atom stereocenters. The number of benzene rings is 2. The van der Waals surface area contributed by atoms with Gasteiger partial charge >= 0.3 is 5.91 Å². The van der Waals surface area contributed by atoms with Crippen molar-refractivity contribution in [2.45, 2.75) is 17.4 Å². The average molecular weight is 448 g/mol. The number of hydrogen-bond acceptors (Lipinski definition) is 5. The first-order chi connectivity index (χ1) is 14.3. The maximum Gasteiger partial charge on any atom is 0.305 e. The van der Waals surface area contributed by atoms with Crippen LogP contribution in [-0.2, 0) is 14.8 Å². The van der Waals surface area contributed by atoms with Gasteiger partial charge in [0.25, 0.3) is 0 Å². The summed E-state index contributed by atoms with van der Waals surface area (Å²) in [4.78, 5) is 24.3. The summed E-state index contributed by atoms with van der Waals surface area (Å²) in [6.07, 6.45) is 1.05. The Morgan fingerprint density at radius 2 is 1.63 bits per heavy atom. The lowest BCUT2D eigenvalue weighted by Crippen LogP contribution is -2.43. The monoisotopic (exact) mass is 447 g/mol. The third-order valence-electron chi connectivity index (χ3n) is 4.07. The first-order valence-corrected chi connectivity index (χ1v) is 10.7. The van der Waals surface area contributed by atoms with Gasteiger partial charge in [0.05, 0.1) is 17.2 Å². The van der Waals surface area contributed by atoms with Gasteiger partial charge in [-0.1, -0.05) is 41.9 Å². The Hall–Kier alpha value is -3.14. The Kier molecular flexibility index (Phi) is 6.88. The van der Waals surface area contributed by atoms with E-state index >= 15 is 0 Å². The van der Waals surface area contributed by atoms with Gasteiger partial charge in [0.15, 0.2) is 5.76 Å². The minimum Gasteiger partial charge on any atom is -0.459 e. The Morgan fingerprint density at radius 1 is 0.933 bits per heavy atom. The normalized spacial score (nSPS) is 12.2. The van der Waals surface area contributed by atoms with Crippen molar-refractivity contribution in [1.29, 1.82) is 0 Å². The first kappa shape index (κ1) is 21.6. The number of hydrazine groups is 1. The number of sulfonamides is 1. The van der Waals surface area contributed by atoms with Crippen LogP contribution in [0.25, 0.3) is 0 Å². The van der Waals surface area contributed by atoms with Gasteiger partial charge < -0.3 is 4.42 Å².